The van der Waals surface area contributed by atoms with Crippen LogP contribution < -0.4 is 5.32 Å². The maximum absolute atomic E-state index is 13.3. The molecule has 0 saturated carbocycles. The summed E-state index contributed by atoms with van der Waals surface area (Å²) in [5, 5.41) is 19.6. The standard InChI is InChI=1S/C20H18Br3ClN6O3/c1-3-29(28(2)20(32)33)10-11-7-12(21)8-13(22)17(11)26-19(31)15-9-16(23)27-30(15)18-14(24)5-4-6-25-18/h4-9H,3,10H2,1-2H3,(H,26,31)(H,32,33). The second-order valence-corrected chi connectivity index (χ2v) is 9.73. The summed E-state index contributed by atoms with van der Waals surface area (Å²) >= 11 is 16.5. The number of aromatic nitrogens is 3. The van der Waals surface area contributed by atoms with Crippen LogP contribution in [0, 0.1) is 0 Å². The number of hydrogen-bond acceptors (Lipinski definition) is 5. The van der Waals surface area contributed by atoms with Gasteiger partial charge in [-0.15, -0.1) is 0 Å². The predicted molar refractivity (Wildman–Crippen MR) is 136 cm³/mol. The highest BCUT2D eigenvalue weighted by atomic mass is 79.9. The van der Waals surface area contributed by atoms with Gasteiger partial charge in [0, 0.05) is 41.3 Å². The third-order valence-corrected chi connectivity index (χ3v) is 6.41. The van der Waals surface area contributed by atoms with Gasteiger partial charge in [0.2, 0.25) is 0 Å². The molecule has 13 heteroatoms. The van der Waals surface area contributed by atoms with Crippen molar-refractivity contribution in [1.29, 1.82) is 0 Å². The van der Waals surface area contributed by atoms with Gasteiger partial charge >= 0.3 is 6.09 Å². The largest absolute Gasteiger partial charge is 0.464 e. The van der Waals surface area contributed by atoms with Crippen molar-refractivity contribution in [3.05, 3.63) is 66.4 Å². The molecule has 2 amide bonds. The van der Waals surface area contributed by atoms with Crippen molar-refractivity contribution in [2.75, 3.05) is 18.9 Å². The average molecular weight is 666 g/mol. The molecule has 0 unspecified atom stereocenters. The minimum atomic E-state index is -1.09. The summed E-state index contributed by atoms with van der Waals surface area (Å²) in [6.45, 7) is 2.53. The van der Waals surface area contributed by atoms with Gasteiger partial charge in [-0.05, 0) is 61.7 Å². The average Bonchev–Trinajstić information content (AvgIpc) is 3.15. The Labute approximate surface area is 220 Å². The highest BCUT2D eigenvalue weighted by Crippen LogP contribution is 2.33. The van der Waals surface area contributed by atoms with Crippen LogP contribution in [-0.4, -0.2) is 55.5 Å². The summed E-state index contributed by atoms with van der Waals surface area (Å²) in [7, 11) is 1.46. The summed E-state index contributed by atoms with van der Waals surface area (Å²) in [4.78, 5) is 29.0. The lowest BCUT2D eigenvalue weighted by Gasteiger charge is -2.29. The molecule has 0 aliphatic rings. The zero-order valence-electron chi connectivity index (χ0n) is 17.4. The molecule has 2 N–H and O–H groups in total. The molecule has 0 bridgehead atoms. The van der Waals surface area contributed by atoms with Crippen LogP contribution in [0.4, 0.5) is 10.5 Å². The lowest BCUT2D eigenvalue weighted by Crippen LogP contribution is -2.42. The Hall–Kier alpha value is -1.99. The van der Waals surface area contributed by atoms with Crippen LogP contribution in [0.5, 0.6) is 0 Å². The second-order valence-electron chi connectivity index (χ2n) is 6.74. The molecule has 3 rings (SSSR count). The van der Waals surface area contributed by atoms with E-state index in [1.165, 1.54) is 11.7 Å². The molecule has 0 atom stereocenters. The van der Waals surface area contributed by atoms with Crippen molar-refractivity contribution in [1.82, 2.24) is 24.8 Å². The van der Waals surface area contributed by atoms with Gasteiger partial charge in [-0.2, -0.15) is 5.10 Å². The van der Waals surface area contributed by atoms with Crippen molar-refractivity contribution in [2.24, 2.45) is 0 Å². The van der Waals surface area contributed by atoms with Crippen LogP contribution in [0.1, 0.15) is 23.0 Å². The number of anilines is 1. The van der Waals surface area contributed by atoms with Gasteiger partial charge in [0.25, 0.3) is 5.91 Å². The van der Waals surface area contributed by atoms with E-state index in [2.05, 4.69) is 63.2 Å². The molecule has 1 aromatic carbocycles. The Morgan fingerprint density at radius 1 is 1.24 bits per heavy atom. The van der Waals surface area contributed by atoms with Crippen LogP contribution >= 0.6 is 59.4 Å². The smallest absolute Gasteiger partial charge is 0.421 e. The molecule has 0 spiro atoms. The SMILES string of the molecule is CCN(Cc1cc(Br)cc(Br)c1NC(=O)c1cc(Br)nn1-c1ncccc1Cl)N(C)C(=O)O. The van der Waals surface area contributed by atoms with Gasteiger partial charge in [-0.25, -0.2) is 24.5 Å². The number of hydrogen-bond donors (Lipinski definition) is 2. The van der Waals surface area contributed by atoms with Crippen LogP contribution in [0.3, 0.4) is 0 Å². The van der Waals surface area contributed by atoms with E-state index in [9.17, 15) is 14.7 Å². The molecule has 2 heterocycles. The van der Waals surface area contributed by atoms with Gasteiger partial charge in [0.15, 0.2) is 5.82 Å². The zero-order chi connectivity index (χ0) is 24.3. The number of halogens is 4. The number of rotatable bonds is 7. The summed E-state index contributed by atoms with van der Waals surface area (Å²) in [6.07, 6.45) is 0.470. The minimum absolute atomic E-state index is 0.207. The molecule has 3 aromatic rings. The van der Waals surface area contributed by atoms with E-state index in [0.29, 0.717) is 37.7 Å². The van der Waals surface area contributed by atoms with Gasteiger partial charge in [-0.3, -0.25) is 4.79 Å². The monoisotopic (exact) mass is 662 g/mol. The Morgan fingerprint density at radius 3 is 2.61 bits per heavy atom. The van der Waals surface area contributed by atoms with E-state index in [0.717, 1.165) is 9.48 Å². The third-order valence-electron chi connectivity index (χ3n) is 4.65. The fourth-order valence-corrected chi connectivity index (χ4v) is 5.02. The molecule has 0 aliphatic carbocycles. The Balaban J connectivity index is 1.99. The number of nitrogens with zero attached hydrogens (tertiary/aromatic N) is 5. The van der Waals surface area contributed by atoms with Crippen LogP contribution in [0.15, 0.2) is 50.1 Å². The highest BCUT2D eigenvalue weighted by Gasteiger charge is 2.23. The number of carboxylic acid groups (broad SMARTS) is 1. The van der Waals surface area contributed by atoms with E-state index in [4.69, 9.17) is 11.6 Å². The number of benzene rings is 1. The van der Waals surface area contributed by atoms with Gasteiger partial charge in [0.1, 0.15) is 10.3 Å². The number of carbonyl (C=O) groups is 2. The molecular formula is C20H18Br3ClN6O3. The Kier molecular flexibility index (Phi) is 8.51. The first-order valence-corrected chi connectivity index (χ1v) is 12.2. The fourth-order valence-electron chi connectivity index (χ4n) is 3.03. The van der Waals surface area contributed by atoms with E-state index in [-0.39, 0.29) is 12.2 Å². The van der Waals surface area contributed by atoms with Gasteiger partial charge in [-0.1, -0.05) is 34.5 Å². The molecule has 9 nitrogen and oxygen atoms in total. The van der Waals surface area contributed by atoms with Gasteiger partial charge in [0.05, 0.1) is 10.7 Å². The summed E-state index contributed by atoms with van der Waals surface area (Å²) in [5.41, 5.74) is 1.40. The first kappa shape index (κ1) is 25.6. The van der Waals surface area contributed by atoms with Crippen molar-refractivity contribution in [3.63, 3.8) is 0 Å². The number of pyridine rings is 1. The lowest BCUT2D eigenvalue weighted by atomic mass is 10.1. The zero-order valence-corrected chi connectivity index (χ0v) is 22.9. The molecule has 174 valence electrons. The maximum Gasteiger partial charge on any atom is 0.421 e. The molecule has 0 saturated heterocycles. The molecule has 33 heavy (non-hydrogen) atoms. The van der Waals surface area contributed by atoms with Gasteiger partial charge < -0.3 is 10.4 Å². The van der Waals surface area contributed by atoms with E-state index >= 15 is 0 Å². The predicted octanol–water partition coefficient (Wildman–Crippen LogP) is 5.81. The quantitative estimate of drug-likeness (QED) is 0.309. The lowest BCUT2D eigenvalue weighted by molar-refractivity contribution is 0.00845. The van der Waals surface area contributed by atoms with Crippen LogP contribution in [0.25, 0.3) is 5.82 Å². The third kappa shape index (κ3) is 5.93. The number of amides is 2. The Morgan fingerprint density at radius 2 is 1.97 bits per heavy atom. The number of carbonyl (C=O) groups excluding carboxylic acids is 1. The molecular weight excluding hydrogens is 647 g/mol. The van der Waals surface area contributed by atoms with Crippen molar-refractivity contribution in [2.45, 2.75) is 13.5 Å². The summed E-state index contributed by atoms with van der Waals surface area (Å²) in [5.74, 6) is -0.140. The fraction of sp³-hybridized carbons (Fsp3) is 0.200. The molecule has 0 fully saturated rings. The first-order valence-electron chi connectivity index (χ1n) is 9.49. The normalized spacial score (nSPS) is 11.0. The topological polar surface area (TPSA) is 104 Å². The highest BCUT2D eigenvalue weighted by molar-refractivity contribution is 9.11. The van der Waals surface area contributed by atoms with Crippen LogP contribution in [0.2, 0.25) is 5.02 Å². The van der Waals surface area contributed by atoms with Crippen molar-refractivity contribution in [3.8, 4) is 5.82 Å². The second kappa shape index (κ2) is 11.0. The molecule has 0 radical (unpaired) electrons. The van der Waals surface area contributed by atoms with E-state index in [1.807, 2.05) is 13.0 Å². The number of hydrazine groups is 1. The first-order chi connectivity index (χ1) is 15.6. The summed E-state index contributed by atoms with van der Waals surface area (Å²) < 4.78 is 3.18. The van der Waals surface area contributed by atoms with E-state index < -0.39 is 12.0 Å². The van der Waals surface area contributed by atoms with E-state index in [1.54, 1.807) is 35.5 Å². The van der Waals surface area contributed by atoms with Crippen LogP contribution in [-0.2, 0) is 6.54 Å². The van der Waals surface area contributed by atoms with Crippen molar-refractivity contribution < 1.29 is 14.7 Å². The number of nitrogens with one attached hydrogen (secondary N) is 1. The maximum atomic E-state index is 13.3. The minimum Gasteiger partial charge on any atom is -0.464 e. The Bertz CT molecular complexity index is 1210. The summed E-state index contributed by atoms with van der Waals surface area (Å²) in [6, 6.07) is 8.51. The molecule has 2 aromatic heterocycles. The molecule has 0 aliphatic heterocycles. The van der Waals surface area contributed by atoms with Crippen molar-refractivity contribution >= 4 is 77.1 Å².